The number of hydrogen-bond donors (Lipinski definition) is 3. The summed E-state index contributed by atoms with van der Waals surface area (Å²) in [5.41, 5.74) is 1.96. The minimum Gasteiger partial charge on any atom is -0.458 e. The van der Waals surface area contributed by atoms with Crippen molar-refractivity contribution in [2.75, 3.05) is 46.2 Å². The number of nitrogens with zero attached hydrogens (tertiary/aromatic N) is 3. The van der Waals surface area contributed by atoms with Crippen molar-refractivity contribution < 1.29 is 34.0 Å². The molecule has 2 aromatic heterocycles. The van der Waals surface area contributed by atoms with Gasteiger partial charge >= 0.3 is 5.97 Å². The van der Waals surface area contributed by atoms with Crippen molar-refractivity contribution >= 4 is 16.9 Å². The normalized spacial score (nSPS) is 21.9. The SMILES string of the molecule is CC[C@@]1(O)C(=O)OCc2c1cc1n(c2=O)Cc2c-1nc1cc3c(cc1c2CNC[C@H](O)CN1CCOCC1)OCO3. The van der Waals surface area contributed by atoms with Crippen molar-refractivity contribution in [3.8, 4) is 22.9 Å². The topological polar surface area (TPSA) is 145 Å². The Morgan fingerprint density at radius 1 is 1.10 bits per heavy atom. The van der Waals surface area contributed by atoms with Gasteiger partial charge in [0, 0.05) is 55.3 Å². The van der Waals surface area contributed by atoms with Crippen LogP contribution in [0.25, 0.3) is 22.3 Å². The van der Waals surface area contributed by atoms with Gasteiger partial charge in [-0.05, 0) is 24.1 Å². The maximum Gasteiger partial charge on any atom is 0.343 e. The summed E-state index contributed by atoms with van der Waals surface area (Å²) >= 11 is 0. The molecule has 3 aromatic rings. The maximum absolute atomic E-state index is 13.7. The van der Waals surface area contributed by atoms with Gasteiger partial charge in [-0.2, -0.15) is 0 Å². The zero-order valence-electron chi connectivity index (χ0n) is 22.8. The molecule has 0 spiro atoms. The van der Waals surface area contributed by atoms with Gasteiger partial charge in [0.25, 0.3) is 5.56 Å². The number of aliphatic hydroxyl groups excluding tert-OH is 1. The molecule has 0 unspecified atom stereocenters. The zero-order chi connectivity index (χ0) is 28.3. The lowest BCUT2D eigenvalue weighted by molar-refractivity contribution is -0.172. The van der Waals surface area contributed by atoms with Crippen LogP contribution in [0.1, 0.15) is 35.6 Å². The molecule has 1 aromatic carbocycles. The molecule has 41 heavy (non-hydrogen) atoms. The molecule has 0 saturated carbocycles. The monoisotopic (exact) mass is 564 g/mol. The van der Waals surface area contributed by atoms with Crippen molar-refractivity contribution in [3.05, 3.63) is 50.8 Å². The van der Waals surface area contributed by atoms with Crippen molar-refractivity contribution in [3.63, 3.8) is 0 Å². The first-order valence-corrected chi connectivity index (χ1v) is 14.0. The average Bonchev–Trinajstić information content (AvgIpc) is 3.59. The Morgan fingerprint density at radius 2 is 1.88 bits per heavy atom. The Bertz CT molecular complexity index is 1620. The van der Waals surface area contributed by atoms with E-state index in [0.717, 1.165) is 29.6 Å². The highest BCUT2D eigenvalue weighted by atomic mass is 16.7. The molecule has 6 heterocycles. The van der Waals surface area contributed by atoms with Gasteiger partial charge in [0.2, 0.25) is 6.79 Å². The summed E-state index contributed by atoms with van der Waals surface area (Å²) in [7, 11) is 0. The molecular weight excluding hydrogens is 532 g/mol. The van der Waals surface area contributed by atoms with Gasteiger partial charge in [0.05, 0.1) is 48.3 Å². The van der Waals surface area contributed by atoms with Gasteiger partial charge in [0.15, 0.2) is 17.1 Å². The summed E-state index contributed by atoms with van der Waals surface area (Å²) in [5.74, 6) is 0.461. The fourth-order valence-corrected chi connectivity index (χ4v) is 6.26. The van der Waals surface area contributed by atoms with E-state index >= 15 is 0 Å². The van der Waals surface area contributed by atoms with Crippen LogP contribution in [-0.2, 0) is 39.6 Å². The van der Waals surface area contributed by atoms with Crippen LogP contribution in [-0.4, -0.2) is 82.9 Å². The van der Waals surface area contributed by atoms with Crippen LogP contribution in [0.15, 0.2) is 23.0 Å². The number of benzene rings is 1. The number of carbonyl (C=O) groups excluding carboxylic acids is 1. The van der Waals surface area contributed by atoms with E-state index in [1.165, 1.54) is 0 Å². The molecule has 2 atom stereocenters. The predicted octanol–water partition coefficient (Wildman–Crippen LogP) is 0.591. The van der Waals surface area contributed by atoms with Crippen LogP contribution in [0.4, 0.5) is 0 Å². The third kappa shape index (κ3) is 4.29. The summed E-state index contributed by atoms with van der Waals surface area (Å²) in [6, 6.07) is 5.44. The Balaban J connectivity index is 1.28. The number of carbonyl (C=O) groups is 1. The Hall–Kier alpha value is -3.55. The van der Waals surface area contributed by atoms with Gasteiger partial charge in [-0.3, -0.25) is 9.69 Å². The molecule has 3 N–H and O–H groups in total. The van der Waals surface area contributed by atoms with Crippen LogP contribution in [0, 0.1) is 0 Å². The molecule has 1 fully saturated rings. The van der Waals surface area contributed by atoms with E-state index < -0.39 is 17.7 Å². The van der Waals surface area contributed by atoms with Crippen LogP contribution in [0.5, 0.6) is 11.5 Å². The van der Waals surface area contributed by atoms with Crippen molar-refractivity contribution in [2.24, 2.45) is 0 Å². The van der Waals surface area contributed by atoms with Gasteiger partial charge in [-0.1, -0.05) is 6.92 Å². The molecule has 0 radical (unpaired) electrons. The van der Waals surface area contributed by atoms with Crippen LogP contribution >= 0.6 is 0 Å². The lowest BCUT2D eigenvalue weighted by Crippen LogP contribution is -2.44. The molecule has 12 heteroatoms. The number of aromatic nitrogens is 2. The summed E-state index contributed by atoms with van der Waals surface area (Å²) in [6.45, 7) is 6.20. The summed E-state index contributed by atoms with van der Waals surface area (Å²) in [4.78, 5) is 33.4. The molecule has 0 amide bonds. The second-order valence-corrected chi connectivity index (χ2v) is 10.9. The van der Waals surface area contributed by atoms with Gasteiger partial charge in [-0.15, -0.1) is 0 Å². The molecule has 216 valence electrons. The molecule has 4 aliphatic rings. The van der Waals surface area contributed by atoms with E-state index in [2.05, 4.69) is 10.2 Å². The van der Waals surface area contributed by atoms with Gasteiger partial charge in [0.1, 0.15) is 6.61 Å². The molecule has 7 rings (SSSR count). The number of aliphatic hydroxyl groups is 2. The maximum atomic E-state index is 13.7. The zero-order valence-corrected chi connectivity index (χ0v) is 22.8. The van der Waals surface area contributed by atoms with Crippen molar-refractivity contribution in [2.45, 2.75) is 44.7 Å². The highest BCUT2D eigenvalue weighted by Gasteiger charge is 2.45. The van der Waals surface area contributed by atoms with Gasteiger partial charge < -0.3 is 39.0 Å². The fraction of sp³-hybridized carbons (Fsp3) is 0.483. The number of ether oxygens (including phenoxy) is 4. The van der Waals surface area contributed by atoms with Crippen LogP contribution < -0.4 is 20.3 Å². The Kier molecular flexibility index (Phi) is 6.47. The highest BCUT2D eigenvalue weighted by Crippen LogP contribution is 2.43. The van der Waals surface area contributed by atoms with Crippen molar-refractivity contribution in [1.29, 1.82) is 0 Å². The quantitative estimate of drug-likeness (QED) is 0.271. The second-order valence-electron chi connectivity index (χ2n) is 10.9. The first-order valence-electron chi connectivity index (χ1n) is 14.0. The molecule has 0 bridgehead atoms. The lowest BCUT2D eigenvalue weighted by atomic mass is 9.86. The number of fused-ring (bicyclic) bond motifs is 6. The minimum absolute atomic E-state index is 0.0746. The largest absolute Gasteiger partial charge is 0.458 e. The molecule has 1 saturated heterocycles. The van der Waals surface area contributed by atoms with Crippen LogP contribution in [0.2, 0.25) is 0 Å². The number of nitrogens with one attached hydrogen (secondary N) is 1. The van der Waals surface area contributed by atoms with E-state index in [9.17, 15) is 19.8 Å². The minimum atomic E-state index is -1.89. The average molecular weight is 565 g/mol. The number of hydrogen-bond acceptors (Lipinski definition) is 11. The molecular formula is C29H32N4O8. The number of pyridine rings is 2. The number of morpholine rings is 1. The van der Waals surface area contributed by atoms with E-state index in [4.69, 9.17) is 23.9 Å². The van der Waals surface area contributed by atoms with E-state index in [1.807, 2.05) is 12.1 Å². The molecule has 4 aliphatic heterocycles. The Labute approximate surface area is 235 Å². The smallest absolute Gasteiger partial charge is 0.343 e. The lowest BCUT2D eigenvalue weighted by Gasteiger charge is -2.31. The molecule has 0 aliphatic carbocycles. The summed E-state index contributed by atoms with van der Waals surface area (Å²) < 4.78 is 23.5. The highest BCUT2D eigenvalue weighted by molar-refractivity contribution is 5.91. The standard InChI is InChI=1S/C29H32N4O8/c1-2-29(37)21-8-23-26-19(13-33(23)27(35)20(21)14-39-28(29)36)18(11-30-10-16(34)12-32-3-5-38-6-4-32)17-7-24-25(41-15-40-24)9-22(17)31-26/h7-9,16,30,34,37H,2-6,10-15H2,1H3/t16-,29-/m0/s1. The van der Waals surface area contributed by atoms with E-state index in [0.29, 0.717) is 61.3 Å². The first-order chi connectivity index (χ1) is 19.9. The van der Waals surface area contributed by atoms with Gasteiger partial charge in [-0.25, -0.2) is 9.78 Å². The number of β-amino-alcohol motifs (C(OH)–C–C–N with tert-alkyl or cyclic N) is 1. The third-order valence-corrected chi connectivity index (χ3v) is 8.55. The Morgan fingerprint density at radius 3 is 2.66 bits per heavy atom. The second kappa shape index (κ2) is 10.1. The summed E-state index contributed by atoms with van der Waals surface area (Å²) in [6.07, 6.45) is -0.489. The number of rotatable bonds is 7. The first kappa shape index (κ1) is 26.4. The van der Waals surface area contributed by atoms with E-state index in [-0.39, 0.29) is 43.1 Å². The molecule has 12 nitrogen and oxygen atoms in total. The predicted molar refractivity (Wildman–Crippen MR) is 146 cm³/mol. The van der Waals surface area contributed by atoms with Crippen LogP contribution in [0.3, 0.4) is 0 Å². The van der Waals surface area contributed by atoms with E-state index in [1.54, 1.807) is 17.6 Å². The number of cyclic esters (lactones) is 1. The number of esters is 1. The fourth-order valence-electron chi connectivity index (χ4n) is 6.26. The van der Waals surface area contributed by atoms with Crippen molar-refractivity contribution in [1.82, 2.24) is 19.8 Å². The summed E-state index contributed by atoms with van der Waals surface area (Å²) in [5, 5.41) is 26.2. The third-order valence-electron chi connectivity index (χ3n) is 8.55.